The zero-order valence-corrected chi connectivity index (χ0v) is 12.7. The van der Waals surface area contributed by atoms with Crippen molar-refractivity contribution in [2.45, 2.75) is 25.9 Å². The second-order valence-corrected chi connectivity index (χ2v) is 4.96. The maximum absolute atomic E-state index is 11.7. The van der Waals surface area contributed by atoms with E-state index in [-0.39, 0.29) is 0 Å². The number of nitrogens with zero attached hydrogens (tertiary/aromatic N) is 2. The van der Waals surface area contributed by atoms with Gasteiger partial charge in [-0.25, -0.2) is 4.79 Å². The molecule has 1 unspecified atom stereocenters. The molecule has 0 fully saturated rings. The van der Waals surface area contributed by atoms with Crippen LogP contribution in [0.2, 0.25) is 0 Å². The van der Waals surface area contributed by atoms with Crippen molar-refractivity contribution in [2.75, 3.05) is 13.1 Å². The van der Waals surface area contributed by atoms with Crippen molar-refractivity contribution in [3.8, 4) is 5.75 Å². The van der Waals surface area contributed by atoms with Crippen molar-refractivity contribution >= 4 is 5.97 Å². The smallest absolute Gasteiger partial charge is 0.326 e. The zero-order chi connectivity index (χ0) is 16.7. The molecule has 0 bridgehead atoms. The fourth-order valence-electron chi connectivity index (χ4n) is 2.28. The number of carbonyl (C=O) groups is 1. The normalized spacial score (nSPS) is 12.1. The highest BCUT2D eigenvalue weighted by molar-refractivity contribution is 5.72. The first kappa shape index (κ1) is 17.7. The summed E-state index contributed by atoms with van der Waals surface area (Å²) in [6, 6.07) is 0.441. The molecular weight excluding hydrogens is 284 g/mol. The molecule has 1 aromatic heterocycles. The number of carboxylic acids is 1. The summed E-state index contributed by atoms with van der Waals surface area (Å²) in [5, 5.41) is 18.9. The molecular formula is C16H22N2O4. The van der Waals surface area contributed by atoms with Crippen LogP contribution in [0.1, 0.15) is 25.1 Å². The lowest BCUT2D eigenvalue weighted by molar-refractivity contribution is -0.141. The van der Waals surface area contributed by atoms with Crippen molar-refractivity contribution in [1.82, 2.24) is 9.47 Å². The SMILES string of the molecule is C=CCN(CC=C)Cc1cc(=O)c(O)cn1C(CC)C(=O)O. The second kappa shape index (κ2) is 8.19. The summed E-state index contributed by atoms with van der Waals surface area (Å²) in [6.45, 7) is 10.6. The molecule has 0 aliphatic heterocycles. The summed E-state index contributed by atoms with van der Waals surface area (Å²) in [4.78, 5) is 25.0. The van der Waals surface area contributed by atoms with E-state index in [0.717, 1.165) is 0 Å². The second-order valence-electron chi connectivity index (χ2n) is 4.96. The Morgan fingerprint density at radius 3 is 2.45 bits per heavy atom. The van der Waals surface area contributed by atoms with E-state index in [0.29, 0.717) is 31.7 Å². The molecule has 1 atom stereocenters. The van der Waals surface area contributed by atoms with Gasteiger partial charge in [0.05, 0.1) is 6.20 Å². The minimum atomic E-state index is -1.01. The molecule has 0 amide bonds. The Bertz CT molecular complexity index is 597. The van der Waals surface area contributed by atoms with E-state index < -0.39 is 23.2 Å². The Labute approximate surface area is 129 Å². The van der Waals surface area contributed by atoms with Crippen LogP contribution in [0.5, 0.6) is 5.75 Å². The maximum Gasteiger partial charge on any atom is 0.326 e. The topological polar surface area (TPSA) is 82.8 Å². The van der Waals surface area contributed by atoms with Crippen LogP contribution in [0.3, 0.4) is 0 Å². The first-order chi connectivity index (χ1) is 10.4. The molecule has 0 saturated heterocycles. The van der Waals surface area contributed by atoms with E-state index in [1.54, 1.807) is 19.1 Å². The summed E-state index contributed by atoms with van der Waals surface area (Å²) in [5.41, 5.74) is 0.00407. The number of rotatable bonds is 9. The Kier molecular flexibility index (Phi) is 6.59. The largest absolute Gasteiger partial charge is 0.503 e. The van der Waals surface area contributed by atoms with Gasteiger partial charge in [0, 0.05) is 31.4 Å². The lowest BCUT2D eigenvalue weighted by Crippen LogP contribution is -2.29. The van der Waals surface area contributed by atoms with Crippen molar-refractivity contribution in [3.05, 3.63) is 53.5 Å². The Balaban J connectivity index is 3.28. The summed E-state index contributed by atoms with van der Waals surface area (Å²) in [5.74, 6) is -1.46. The molecule has 22 heavy (non-hydrogen) atoms. The molecule has 2 N–H and O–H groups in total. The number of hydrogen-bond acceptors (Lipinski definition) is 4. The number of aromatic nitrogens is 1. The highest BCUT2D eigenvalue weighted by Crippen LogP contribution is 2.18. The minimum absolute atomic E-state index is 0.341. The Morgan fingerprint density at radius 2 is 2.00 bits per heavy atom. The van der Waals surface area contributed by atoms with Crippen molar-refractivity contribution < 1.29 is 15.0 Å². The van der Waals surface area contributed by atoms with Crippen LogP contribution < -0.4 is 5.43 Å². The van der Waals surface area contributed by atoms with Gasteiger partial charge in [-0.15, -0.1) is 13.2 Å². The van der Waals surface area contributed by atoms with Gasteiger partial charge in [-0.2, -0.15) is 0 Å². The quantitative estimate of drug-likeness (QED) is 0.679. The molecule has 1 heterocycles. The van der Waals surface area contributed by atoms with Gasteiger partial charge < -0.3 is 14.8 Å². The van der Waals surface area contributed by atoms with Crippen LogP contribution in [-0.2, 0) is 11.3 Å². The van der Waals surface area contributed by atoms with E-state index in [9.17, 15) is 19.8 Å². The summed E-state index contributed by atoms with van der Waals surface area (Å²) >= 11 is 0. The predicted molar refractivity (Wildman–Crippen MR) is 85.0 cm³/mol. The van der Waals surface area contributed by atoms with E-state index in [1.807, 2.05) is 4.90 Å². The monoisotopic (exact) mass is 306 g/mol. The zero-order valence-electron chi connectivity index (χ0n) is 12.7. The van der Waals surface area contributed by atoms with Crippen molar-refractivity contribution in [3.63, 3.8) is 0 Å². The molecule has 6 heteroatoms. The highest BCUT2D eigenvalue weighted by atomic mass is 16.4. The molecule has 0 radical (unpaired) electrons. The van der Waals surface area contributed by atoms with Crippen LogP contribution in [0.15, 0.2) is 42.4 Å². The molecule has 0 saturated carbocycles. The molecule has 6 nitrogen and oxygen atoms in total. The molecule has 0 spiro atoms. The minimum Gasteiger partial charge on any atom is -0.503 e. The third kappa shape index (κ3) is 4.33. The fraction of sp³-hybridized carbons (Fsp3) is 0.375. The van der Waals surface area contributed by atoms with Gasteiger partial charge in [-0.05, 0) is 6.42 Å². The van der Waals surface area contributed by atoms with Gasteiger partial charge in [0.15, 0.2) is 5.75 Å². The third-order valence-corrected chi connectivity index (χ3v) is 3.31. The molecule has 120 valence electrons. The van der Waals surface area contributed by atoms with Gasteiger partial charge in [0.25, 0.3) is 0 Å². The average Bonchev–Trinajstić information content (AvgIpc) is 2.45. The van der Waals surface area contributed by atoms with Gasteiger partial charge in [-0.3, -0.25) is 9.69 Å². The Morgan fingerprint density at radius 1 is 1.41 bits per heavy atom. The molecule has 1 aromatic rings. The van der Waals surface area contributed by atoms with E-state index in [4.69, 9.17) is 0 Å². The molecule has 0 aliphatic rings. The Hall–Kier alpha value is -2.34. The van der Waals surface area contributed by atoms with Gasteiger partial charge in [0.1, 0.15) is 6.04 Å². The van der Waals surface area contributed by atoms with E-state index in [1.165, 1.54) is 16.8 Å². The lowest BCUT2D eigenvalue weighted by atomic mass is 10.2. The van der Waals surface area contributed by atoms with Crippen LogP contribution >= 0.6 is 0 Å². The number of hydrogen-bond donors (Lipinski definition) is 2. The van der Waals surface area contributed by atoms with Gasteiger partial charge >= 0.3 is 5.97 Å². The number of carboxylic acid groups (broad SMARTS) is 1. The van der Waals surface area contributed by atoms with Crippen LogP contribution in [0.25, 0.3) is 0 Å². The number of aromatic hydroxyl groups is 1. The van der Waals surface area contributed by atoms with Gasteiger partial charge in [0.2, 0.25) is 5.43 Å². The van der Waals surface area contributed by atoms with Crippen LogP contribution in [0, 0.1) is 0 Å². The van der Waals surface area contributed by atoms with Crippen LogP contribution in [-0.4, -0.2) is 38.7 Å². The van der Waals surface area contributed by atoms with Gasteiger partial charge in [-0.1, -0.05) is 19.1 Å². The van der Waals surface area contributed by atoms with E-state index >= 15 is 0 Å². The lowest BCUT2D eigenvalue weighted by Gasteiger charge is -2.24. The molecule has 0 aromatic carbocycles. The molecule has 1 rings (SSSR count). The molecule has 0 aliphatic carbocycles. The first-order valence-corrected chi connectivity index (χ1v) is 7.05. The number of pyridine rings is 1. The average molecular weight is 306 g/mol. The third-order valence-electron chi connectivity index (χ3n) is 3.31. The first-order valence-electron chi connectivity index (χ1n) is 7.05. The maximum atomic E-state index is 11.7. The standard InChI is InChI=1S/C16H22N2O4/c1-4-7-17(8-5-2)10-12-9-14(19)15(20)11-18(12)13(6-3)16(21)22/h4-5,9,11,13,20H,1-2,6-8,10H2,3H3,(H,21,22). The summed E-state index contributed by atoms with van der Waals surface area (Å²) in [6.07, 6.45) is 4.98. The van der Waals surface area contributed by atoms with Crippen molar-refractivity contribution in [2.24, 2.45) is 0 Å². The highest BCUT2D eigenvalue weighted by Gasteiger charge is 2.21. The fourth-order valence-corrected chi connectivity index (χ4v) is 2.28. The predicted octanol–water partition coefficient (Wildman–Crippen LogP) is 1.76. The van der Waals surface area contributed by atoms with Crippen molar-refractivity contribution in [1.29, 1.82) is 0 Å². The van der Waals surface area contributed by atoms with Crippen LogP contribution in [0.4, 0.5) is 0 Å². The number of aliphatic carboxylic acids is 1. The van der Waals surface area contributed by atoms with E-state index in [2.05, 4.69) is 13.2 Å². The summed E-state index contributed by atoms with van der Waals surface area (Å²) in [7, 11) is 0. The summed E-state index contributed by atoms with van der Waals surface area (Å²) < 4.78 is 1.44.